The highest BCUT2D eigenvalue weighted by atomic mass is 16.5. The smallest absolute Gasteiger partial charge is 0.331 e. The quantitative estimate of drug-likeness (QED) is 0.465. The predicted octanol–water partition coefficient (Wildman–Crippen LogP) is 3.60. The Morgan fingerprint density at radius 1 is 1.13 bits per heavy atom. The first-order valence-corrected chi connectivity index (χ1v) is 9.34. The van der Waals surface area contributed by atoms with Crippen LogP contribution in [-0.2, 0) is 14.3 Å². The molecule has 0 radical (unpaired) electrons. The first kappa shape index (κ1) is 22.5. The Morgan fingerprint density at radius 2 is 1.87 bits per heavy atom. The van der Waals surface area contributed by atoms with Crippen molar-refractivity contribution in [2.24, 2.45) is 0 Å². The highest BCUT2D eigenvalue weighted by molar-refractivity contribution is 5.98. The summed E-state index contributed by atoms with van der Waals surface area (Å²) in [7, 11) is 3.07. The second kappa shape index (κ2) is 11.3. The number of esters is 1. The van der Waals surface area contributed by atoms with Crippen LogP contribution in [0, 0.1) is 11.3 Å². The number of hydrogen-bond donors (Lipinski definition) is 0. The van der Waals surface area contributed by atoms with Crippen LogP contribution in [0.2, 0.25) is 0 Å². The van der Waals surface area contributed by atoms with E-state index >= 15 is 0 Å². The molecule has 0 aliphatic rings. The number of nitriles is 1. The Hall–Kier alpha value is -3.79. The van der Waals surface area contributed by atoms with E-state index in [0.717, 1.165) is 0 Å². The van der Waals surface area contributed by atoms with Crippen LogP contribution >= 0.6 is 0 Å². The number of ether oxygens (including phenoxy) is 3. The Bertz CT molecular complexity index is 934. The van der Waals surface area contributed by atoms with Gasteiger partial charge in [-0.2, -0.15) is 5.26 Å². The van der Waals surface area contributed by atoms with Gasteiger partial charge in [0.1, 0.15) is 11.5 Å². The summed E-state index contributed by atoms with van der Waals surface area (Å²) in [5, 5.41) is 8.88. The van der Waals surface area contributed by atoms with E-state index in [2.05, 4.69) is 0 Å². The fourth-order valence-corrected chi connectivity index (χ4v) is 2.75. The van der Waals surface area contributed by atoms with E-state index in [1.54, 1.807) is 49.6 Å². The maximum atomic E-state index is 12.8. The summed E-state index contributed by atoms with van der Waals surface area (Å²) in [6.45, 7) is 1.71. The Kier molecular flexibility index (Phi) is 8.45. The van der Waals surface area contributed by atoms with E-state index in [1.165, 1.54) is 31.1 Å². The lowest BCUT2D eigenvalue weighted by molar-refractivity contribution is -0.149. The molecule has 0 aliphatic carbocycles. The van der Waals surface area contributed by atoms with Gasteiger partial charge in [-0.15, -0.1) is 0 Å². The second-order valence-corrected chi connectivity index (χ2v) is 6.25. The molecule has 30 heavy (non-hydrogen) atoms. The number of methoxy groups -OCH3 is 2. The predicted molar refractivity (Wildman–Crippen MR) is 113 cm³/mol. The molecule has 2 aromatic carbocycles. The number of rotatable bonds is 9. The van der Waals surface area contributed by atoms with Crippen LogP contribution in [0.5, 0.6) is 11.5 Å². The Labute approximate surface area is 176 Å². The summed E-state index contributed by atoms with van der Waals surface area (Å²) in [5.74, 6) is 0.102. The van der Waals surface area contributed by atoms with Crippen LogP contribution in [0.3, 0.4) is 0 Å². The molecule has 0 N–H and O–H groups in total. The molecule has 0 bridgehead atoms. The van der Waals surface area contributed by atoms with Gasteiger partial charge >= 0.3 is 5.97 Å². The fourth-order valence-electron chi connectivity index (χ4n) is 2.75. The van der Waals surface area contributed by atoms with E-state index in [1.807, 2.05) is 12.1 Å². The van der Waals surface area contributed by atoms with E-state index in [0.29, 0.717) is 22.7 Å². The summed E-state index contributed by atoms with van der Waals surface area (Å²) >= 11 is 0. The average Bonchev–Trinajstić information content (AvgIpc) is 2.78. The lowest BCUT2D eigenvalue weighted by atomic mass is 10.1. The zero-order valence-corrected chi connectivity index (χ0v) is 17.2. The molecule has 7 nitrogen and oxygen atoms in total. The van der Waals surface area contributed by atoms with Gasteiger partial charge in [-0.3, -0.25) is 4.79 Å². The molecule has 1 atom stereocenters. The molecule has 0 fully saturated rings. The number of benzene rings is 2. The molecule has 1 unspecified atom stereocenters. The third-order valence-electron chi connectivity index (χ3n) is 4.26. The van der Waals surface area contributed by atoms with Crippen molar-refractivity contribution in [2.75, 3.05) is 25.7 Å². The molecule has 7 heteroatoms. The monoisotopic (exact) mass is 408 g/mol. The normalized spacial score (nSPS) is 11.4. The van der Waals surface area contributed by atoms with Crippen LogP contribution < -0.4 is 14.4 Å². The van der Waals surface area contributed by atoms with Gasteiger partial charge in [-0.05, 0) is 43.3 Å². The van der Waals surface area contributed by atoms with Crippen molar-refractivity contribution >= 4 is 23.6 Å². The lowest BCUT2D eigenvalue weighted by Crippen LogP contribution is -2.40. The molecule has 0 aromatic heterocycles. The molecule has 1 amide bonds. The SMILES string of the molecule is COc1ccc(OC)c(/C=C/C(=O)OC(C)C(=O)N(CCC#N)c2ccccc2)c1. The Morgan fingerprint density at radius 3 is 2.50 bits per heavy atom. The number of nitrogens with zero attached hydrogens (tertiary/aromatic N) is 2. The fraction of sp³-hybridized carbons (Fsp3) is 0.261. The Balaban J connectivity index is 2.09. The zero-order chi connectivity index (χ0) is 21.9. The van der Waals surface area contributed by atoms with Crippen LogP contribution in [0.15, 0.2) is 54.6 Å². The van der Waals surface area contributed by atoms with Gasteiger partial charge in [-0.25, -0.2) is 4.79 Å². The third-order valence-corrected chi connectivity index (χ3v) is 4.26. The largest absolute Gasteiger partial charge is 0.497 e. The molecule has 2 rings (SSSR count). The van der Waals surface area contributed by atoms with Crippen molar-refractivity contribution in [3.63, 3.8) is 0 Å². The minimum absolute atomic E-state index is 0.164. The van der Waals surface area contributed by atoms with Gasteiger partial charge in [0.2, 0.25) is 0 Å². The number of carbonyl (C=O) groups is 2. The first-order chi connectivity index (χ1) is 14.5. The zero-order valence-electron chi connectivity index (χ0n) is 17.2. The molecular weight excluding hydrogens is 384 g/mol. The van der Waals surface area contributed by atoms with E-state index < -0.39 is 18.0 Å². The molecule has 0 aliphatic heterocycles. The summed E-state index contributed by atoms with van der Waals surface area (Å²) in [4.78, 5) is 26.5. The van der Waals surface area contributed by atoms with Crippen molar-refractivity contribution in [2.45, 2.75) is 19.4 Å². The molecule has 0 saturated carbocycles. The van der Waals surface area contributed by atoms with Crippen molar-refractivity contribution in [3.05, 3.63) is 60.2 Å². The number of para-hydroxylation sites is 1. The minimum atomic E-state index is -1.02. The number of hydrogen-bond acceptors (Lipinski definition) is 6. The highest BCUT2D eigenvalue weighted by Crippen LogP contribution is 2.25. The summed E-state index contributed by atoms with van der Waals surface area (Å²) in [6.07, 6.45) is 1.90. The standard InChI is InChI=1S/C23H24N2O5/c1-17(23(27)25(15-7-14-24)19-8-5-4-6-9-19)30-22(26)13-10-18-16-20(28-2)11-12-21(18)29-3/h4-6,8-13,16-17H,7,15H2,1-3H3/b13-10+. The van der Waals surface area contributed by atoms with Gasteiger partial charge in [0.25, 0.3) is 5.91 Å². The maximum absolute atomic E-state index is 12.8. The minimum Gasteiger partial charge on any atom is -0.497 e. The van der Waals surface area contributed by atoms with Gasteiger partial charge in [0.05, 0.1) is 26.7 Å². The summed E-state index contributed by atoms with van der Waals surface area (Å²) in [6, 6.07) is 16.2. The molecule has 0 heterocycles. The van der Waals surface area contributed by atoms with E-state index in [4.69, 9.17) is 19.5 Å². The van der Waals surface area contributed by atoms with Gasteiger partial charge in [-0.1, -0.05) is 18.2 Å². The highest BCUT2D eigenvalue weighted by Gasteiger charge is 2.24. The van der Waals surface area contributed by atoms with Crippen LogP contribution in [0.1, 0.15) is 18.9 Å². The van der Waals surface area contributed by atoms with Crippen LogP contribution in [0.4, 0.5) is 5.69 Å². The van der Waals surface area contributed by atoms with Crippen molar-refractivity contribution < 1.29 is 23.8 Å². The second-order valence-electron chi connectivity index (χ2n) is 6.25. The summed E-state index contributed by atoms with van der Waals surface area (Å²) < 4.78 is 15.7. The molecule has 156 valence electrons. The average molecular weight is 408 g/mol. The third kappa shape index (κ3) is 6.11. The molecule has 2 aromatic rings. The van der Waals surface area contributed by atoms with Crippen molar-refractivity contribution in [1.29, 1.82) is 5.26 Å². The summed E-state index contributed by atoms with van der Waals surface area (Å²) in [5.41, 5.74) is 1.27. The van der Waals surface area contributed by atoms with Gasteiger partial charge < -0.3 is 19.1 Å². The topological polar surface area (TPSA) is 88.9 Å². The first-order valence-electron chi connectivity index (χ1n) is 9.34. The van der Waals surface area contributed by atoms with E-state index in [9.17, 15) is 9.59 Å². The molecular formula is C23H24N2O5. The van der Waals surface area contributed by atoms with Gasteiger partial charge in [0, 0.05) is 23.9 Å². The van der Waals surface area contributed by atoms with Crippen LogP contribution in [-0.4, -0.2) is 38.7 Å². The van der Waals surface area contributed by atoms with Crippen LogP contribution in [0.25, 0.3) is 6.08 Å². The molecule has 0 spiro atoms. The van der Waals surface area contributed by atoms with Gasteiger partial charge in [0.15, 0.2) is 6.10 Å². The van der Waals surface area contributed by atoms with Crippen molar-refractivity contribution in [1.82, 2.24) is 0 Å². The van der Waals surface area contributed by atoms with Crippen molar-refractivity contribution in [3.8, 4) is 17.6 Å². The number of carbonyl (C=O) groups excluding carboxylic acids is 2. The number of anilines is 1. The maximum Gasteiger partial charge on any atom is 0.331 e. The lowest BCUT2D eigenvalue weighted by Gasteiger charge is -2.24. The molecule has 0 saturated heterocycles. The number of amides is 1. The van der Waals surface area contributed by atoms with E-state index in [-0.39, 0.29) is 13.0 Å².